The van der Waals surface area contributed by atoms with Crippen LogP contribution in [0.2, 0.25) is 0 Å². The predicted molar refractivity (Wildman–Crippen MR) is 146 cm³/mol. The highest BCUT2D eigenvalue weighted by Gasteiger charge is 2.43. The van der Waals surface area contributed by atoms with E-state index in [2.05, 4.69) is 0 Å². The molecule has 0 saturated carbocycles. The van der Waals surface area contributed by atoms with Crippen LogP contribution in [0.4, 0.5) is 0 Å². The summed E-state index contributed by atoms with van der Waals surface area (Å²) < 4.78 is 69.0. The third-order valence-corrected chi connectivity index (χ3v) is 15.8. The molecule has 0 spiro atoms. The van der Waals surface area contributed by atoms with Gasteiger partial charge in [0.05, 0.1) is 46.2 Å². The summed E-state index contributed by atoms with van der Waals surface area (Å²) in [6.45, 7) is 14.6. The third-order valence-electron chi connectivity index (χ3n) is 3.95. The molecule has 0 aliphatic carbocycles. The first-order valence-corrected chi connectivity index (χ1v) is 18.3. The van der Waals surface area contributed by atoms with E-state index < -0.39 is 30.6 Å². The predicted octanol–water partition coefficient (Wildman–Crippen LogP) is 9.12. The lowest BCUT2D eigenvalue weighted by Gasteiger charge is -2.32. The van der Waals surface area contributed by atoms with Gasteiger partial charge in [-0.3, -0.25) is 4.52 Å². The normalized spacial score (nSPS) is 22.2. The molecule has 0 saturated heterocycles. The van der Waals surface area contributed by atoms with E-state index in [0.29, 0.717) is 5.75 Å². The van der Waals surface area contributed by atoms with Crippen molar-refractivity contribution in [1.82, 2.24) is 0 Å². The van der Waals surface area contributed by atoms with Gasteiger partial charge in [-0.05, 0) is 60.6 Å². The molecule has 1 atom stereocenters. The molecule has 0 bridgehead atoms. The lowest BCUT2D eigenvalue weighted by atomic mass is 10.3. The maximum Gasteiger partial charge on any atom is 0.402 e. The van der Waals surface area contributed by atoms with Gasteiger partial charge in [0.2, 0.25) is 0 Å². The Balaban J connectivity index is 3.10. The second-order valence-corrected chi connectivity index (χ2v) is 15.4. The first-order chi connectivity index (χ1) is 17.3. The first kappa shape index (κ1) is 31.9. The molecule has 1 heterocycles. The van der Waals surface area contributed by atoms with Crippen LogP contribution in [0.3, 0.4) is 0 Å². The zero-order valence-electron chi connectivity index (χ0n) is 22.2. The second-order valence-electron chi connectivity index (χ2n) is 6.65. The average molecular weight is 588 g/mol. The van der Waals surface area contributed by atoms with Crippen molar-refractivity contribution in [1.29, 1.82) is 0 Å². The monoisotopic (exact) mass is 588 g/mol. The average Bonchev–Trinajstić information content (AvgIpc) is 2.80. The Morgan fingerprint density at radius 1 is 0.444 bits per heavy atom. The molecular formula is C20H40N4O8P4. The van der Waals surface area contributed by atoms with Crippen molar-refractivity contribution in [3.63, 3.8) is 0 Å². The van der Waals surface area contributed by atoms with Crippen LogP contribution in [0.5, 0.6) is 5.75 Å². The summed E-state index contributed by atoms with van der Waals surface area (Å²) in [6.07, 6.45) is 0. The van der Waals surface area contributed by atoms with Crippen LogP contribution in [0.25, 0.3) is 0 Å². The van der Waals surface area contributed by atoms with Crippen molar-refractivity contribution < 1.29 is 36.2 Å². The van der Waals surface area contributed by atoms with Gasteiger partial charge in [-0.25, -0.2) is 0 Å². The van der Waals surface area contributed by atoms with Gasteiger partial charge in [0, 0.05) is 0 Å². The molecule has 12 nitrogen and oxygen atoms in total. The fourth-order valence-corrected chi connectivity index (χ4v) is 15.6. The van der Waals surface area contributed by atoms with Crippen molar-refractivity contribution in [2.45, 2.75) is 48.5 Å². The Morgan fingerprint density at radius 3 is 1.06 bits per heavy atom. The molecule has 36 heavy (non-hydrogen) atoms. The standard InChI is InChI=1S/C20H40N4O8P4/c1-8-25-33(26-9-2)21-34(27-10-3,28-11-4)23-36(31-14-7,32-20-18-16-15-17-19-20)24-35(22-33,29-12-5)30-13-6/h15-19H,8-14H2,1-7H3. The molecule has 0 N–H and O–H groups in total. The van der Waals surface area contributed by atoms with Crippen LogP contribution in [0.15, 0.2) is 48.4 Å². The molecule has 0 aromatic heterocycles. The highest BCUT2D eigenvalue weighted by molar-refractivity contribution is 7.78. The molecule has 1 aromatic carbocycles. The van der Waals surface area contributed by atoms with Crippen molar-refractivity contribution in [3.05, 3.63) is 30.3 Å². The van der Waals surface area contributed by atoms with Crippen molar-refractivity contribution >= 4 is 30.6 Å². The van der Waals surface area contributed by atoms with E-state index in [1.54, 1.807) is 12.1 Å². The van der Waals surface area contributed by atoms with Crippen LogP contribution in [-0.4, -0.2) is 46.2 Å². The zero-order valence-corrected chi connectivity index (χ0v) is 25.8. The fraction of sp³-hybridized carbons (Fsp3) is 0.700. The van der Waals surface area contributed by atoms with E-state index in [4.69, 9.17) is 54.3 Å². The highest BCUT2D eigenvalue weighted by Crippen LogP contribution is 2.80. The minimum atomic E-state index is -3.57. The van der Waals surface area contributed by atoms with Gasteiger partial charge >= 0.3 is 30.6 Å². The Labute approximate surface area is 215 Å². The molecule has 1 unspecified atom stereocenters. The molecule has 1 aromatic rings. The van der Waals surface area contributed by atoms with Crippen molar-refractivity contribution in [2.24, 2.45) is 18.1 Å². The highest BCUT2D eigenvalue weighted by atomic mass is 31.3. The number of rotatable bonds is 16. The van der Waals surface area contributed by atoms with Gasteiger partial charge in [0.15, 0.2) is 0 Å². The van der Waals surface area contributed by atoms with Gasteiger partial charge in [-0.1, -0.05) is 18.2 Å². The van der Waals surface area contributed by atoms with Gasteiger partial charge in [-0.15, -0.1) is 18.1 Å². The maximum atomic E-state index is 6.40. The Kier molecular flexibility index (Phi) is 13.5. The second kappa shape index (κ2) is 15.3. The molecule has 16 heteroatoms. The molecule has 208 valence electrons. The first-order valence-electron chi connectivity index (χ1n) is 12.1. The number of nitrogens with zero attached hydrogens (tertiary/aromatic N) is 4. The lowest BCUT2D eigenvalue weighted by Crippen LogP contribution is -2.05. The van der Waals surface area contributed by atoms with E-state index in [-0.39, 0.29) is 46.2 Å². The zero-order chi connectivity index (χ0) is 26.5. The molecule has 2 rings (SSSR count). The molecular weight excluding hydrogens is 548 g/mol. The summed E-state index contributed by atoms with van der Waals surface area (Å²) in [4.78, 5) is 0. The molecule has 0 fully saturated rings. The fourth-order valence-electron chi connectivity index (χ4n) is 2.97. The summed E-state index contributed by atoms with van der Waals surface area (Å²) in [5.74, 6) is 0.500. The van der Waals surface area contributed by atoms with Crippen LogP contribution >= 0.6 is 30.6 Å². The largest absolute Gasteiger partial charge is 0.422 e. The topological polar surface area (TPSA) is 123 Å². The number of hydrogen-bond acceptors (Lipinski definition) is 12. The minimum absolute atomic E-state index is 0.237. The Bertz CT molecular complexity index is 998. The minimum Gasteiger partial charge on any atom is -0.422 e. The van der Waals surface area contributed by atoms with Crippen molar-refractivity contribution in [3.8, 4) is 5.75 Å². The van der Waals surface area contributed by atoms with Gasteiger partial charge < -0.3 is 31.7 Å². The smallest absolute Gasteiger partial charge is 0.402 e. The SMILES string of the molecule is CCOP1(OCC)=NP(OCC)(OCC)=NP(OCC)(Oc2ccccc2)=NP(OCC)(OCC)=N1. The summed E-state index contributed by atoms with van der Waals surface area (Å²) in [6, 6.07) is 9.16. The van der Waals surface area contributed by atoms with Crippen LogP contribution in [0, 0.1) is 0 Å². The summed E-state index contributed by atoms with van der Waals surface area (Å²) in [7, 11) is -13.9. The summed E-state index contributed by atoms with van der Waals surface area (Å²) in [5, 5.41) is 0. The van der Waals surface area contributed by atoms with Gasteiger partial charge in [-0.2, -0.15) is 0 Å². The van der Waals surface area contributed by atoms with Gasteiger partial charge in [0.25, 0.3) is 0 Å². The Morgan fingerprint density at radius 2 is 0.722 bits per heavy atom. The molecule has 0 amide bonds. The van der Waals surface area contributed by atoms with E-state index >= 15 is 0 Å². The van der Waals surface area contributed by atoms with E-state index in [1.807, 2.05) is 66.7 Å². The van der Waals surface area contributed by atoms with E-state index in [9.17, 15) is 0 Å². The number of hydrogen-bond donors (Lipinski definition) is 0. The van der Waals surface area contributed by atoms with Crippen LogP contribution < -0.4 is 4.52 Å². The number of para-hydroxylation sites is 1. The third kappa shape index (κ3) is 8.59. The quantitative estimate of drug-likeness (QED) is 0.175. The molecule has 1 aliphatic heterocycles. The van der Waals surface area contributed by atoms with Gasteiger partial charge in [0.1, 0.15) is 5.75 Å². The molecule has 0 radical (unpaired) electrons. The van der Waals surface area contributed by atoms with E-state index in [1.165, 1.54) is 0 Å². The van der Waals surface area contributed by atoms with E-state index in [0.717, 1.165) is 0 Å². The summed E-state index contributed by atoms with van der Waals surface area (Å²) >= 11 is 0. The van der Waals surface area contributed by atoms with Crippen molar-refractivity contribution in [2.75, 3.05) is 46.2 Å². The lowest BCUT2D eigenvalue weighted by molar-refractivity contribution is 0.240. The van der Waals surface area contributed by atoms with Crippen LogP contribution in [-0.2, 0) is 31.7 Å². The molecule has 1 aliphatic rings. The maximum absolute atomic E-state index is 6.40. The number of benzene rings is 1. The Hall–Kier alpha value is -0.340. The van der Waals surface area contributed by atoms with Crippen LogP contribution in [0.1, 0.15) is 48.5 Å². The summed E-state index contributed by atoms with van der Waals surface area (Å²) in [5.41, 5.74) is 0.